The van der Waals surface area contributed by atoms with Crippen molar-refractivity contribution in [1.29, 1.82) is 0 Å². The highest BCUT2D eigenvalue weighted by Gasteiger charge is 2.37. The summed E-state index contributed by atoms with van der Waals surface area (Å²) in [7, 11) is 0. The molecule has 0 saturated carbocycles. The molecule has 11 heavy (non-hydrogen) atoms. The van der Waals surface area contributed by atoms with E-state index >= 15 is 0 Å². The van der Waals surface area contributed by atoms with Crippen molar-refractivity contribution < 1.29 is 0 Å². The third-order valence-corrected chi connectivity index (χ3v) is 3.78. The van der Waals surface area contributed by atoms with E-state index < -0.39 is 0 Å². The molecule has 0 atom stereocenters. The fourth-order valence-corrected chi connectivity index (χ4v) is 3.08. The molecule has 0 aromatic heterocycles. The number of hydrogen-bond donors (Lipinski definition) is 0. The van der Waals surface area contributed by atoms with E-state index in [0.717, 1.165) is 10.9 Å². The molecular weight excluding hydrogens is 336 g/mol. The fourth-order valence-electron chi connectivity index (χ4n) is 1.29. The third kappa shape index (κ3) is 1.31. The molecule has 0 fully saturated rings. The van der Waals surface area contributed by atoms with Crippen molar-refractivity contribution in [2.45, 2.75) is 9.65 Å². The predicted octanol–water partition coefficient (Wildman–Crippen LogP) is 3.95. The number of hydrogen-bond acceptors (Lipinski definition) is 0. The van der Waals surface area contributed by atoms with Crippen LogP contribution in [0.25, 0.3) is 0 Å². The maximum atomic E-state index is 3.59. The number of halogens is 3. The van der Waals surface area contributed by atoms with Gasteiger partial charge in [-0.05, 0) is 23.3 Å². The quantitative estimate of drug-likeness (QED) is 0.627. The van der Waals surface area contributed by atoms with Gasteiger partial charge in [0.05, 0.1) is 0 Å². The maximum absolute atomic E-state index is 3.59. The molecule has 1 aromatic carbocycles. The van der Waals surface area contributed by atoms with E-state index in [-0.39, 0.29) is 3.23 Å². The summed E-state index contributed by atoms with van der Waals surface area (Å²) >= 11 is 10.6. The molecule has 58 valence electrons. The Morgan fingerprint density at radius 2 is 2.00 bits per heavy atom. The molecule has 0 N–H and O–H groups in total. The Morgan fingerprint density at radius 3 is 2.55 bits per heavy atom. The normalized spacial score (nSPS) is 18.8. The van der Waals surface area contributed by atoms with E-state index in [0.29, 0.717) is 0 Å². The van der Waals surface area contributed by atoms with Crippen LogP contribution in [0.2, 0.25) is 0 Å². The van der Waals surface area contributed by atoms with Crippen LogP contribution in [0.15, 0.2) is 22.7 Å². The molecule has 0 spiro atoms. The van der Waals surface area contributed by atoms with Gasteiger partial charge < -0.3 is 0 Å². The van der Waals surface area contributed by atoms with Crippen molar-refractivity contribution in [3.63, 3.8) is 0 Å². The van der Waals surface area contributed by atoms with Gasteiger partial charge >= 0.3 is 0 Å². The van der Waals surface area contributed by atoms with Crippen LogP contribution in [0.1, 0.15) is 11.1 Å². The minimum Gasteiger partial charge on any atom is -0.0670 e. The van der Waals surface area contributed by atoms with E-state index in [1.54, 1.807) is 0 Å². The SMILES string of the molecule is Brc1ccc2c(c1)CC2(Br)Br. The number of benzene rings is 1. The highest BCUT2D eigenvalue weighted by Crippen LogP contribution is 2.51. The molecule has 0 heterocycles. The van der Waals surface area contributed by atoms with Gasteiger partial charge in [0.25, 0.3) is 0 Å². The van der Waals surface area contributed by atoms with Crippen LogP contribution in [0.4, 0.5) is 0 Å². The van der Waals surface area contributed by atoms with Crippen LogP contribution in [0, 0.1) is 0 Å². The average Bonchev–Trinajstić information content (AvgIpc) is 1.85. The van der Waals surface area contributed by atoms with Crippen molar-refractivity contribution in [2.75, 3.05) is 0 Å². The highest BCUT2D eigenvalue weighted by atomic mass is 79.9. The van der Waals surface area contributed by atoms with Gasteiger partial charge in [0.2, 0.25) is 0 Å². The minimum absolute atomic E-state index is 0.0516. The molecule has 0 bridgehead atoms. The Kier molecular flexibility index (Phi) is 1.93. The lowest BCUT2D eigenvalue weighted by Crippen LogP contribution is -2.25. The molecular formula is C8H5Br3. The molecule has 1 aliphatic rings. The standard InChI is InChI=1S/C8H5Br3/c9-6-1-2-7-5(3-6)4-8(7,10)11/h1-3H,4H2. The molecule has 3 heteroatoms. The van der Waals surface area contributed by atoms with Crippen LogP contribution >= 0.6 is 47.8 Å². The Labute approximate surface area is 90.8 Å². The minimum atomic E-state index is 0.0516. The summed E-state index contributed by atoms with van der Waals surface area (Å²) in [5, 5.41) is 0. The van der Waals surface area contributed by atoms with E-state index in [9.17, 15) is 0 Å². The van der Waals surface area contributed by atoms with Crippen LogP contribution in [-0.4, -0.2) is 0 Å². The lowest BCUT2D eigenvalue weighted by Gasteiger charge is -2.34. The van der Waals surface area contributed by atoms with Crippen molar-refractivity contribution in [2.24, 2.45) is 0 Å². The molecule has 0 saturated heterocycles. The zero-order valence-electron chi connectivity index (χ0n) is 5.57. The lowest BCUT2D eigenvalue weighted by atomic mass is 9.88. The van der Waals surface area contributed by atoms with E-state index in [1.807, 2.05) is 0 Å². The molecule has 2 rings (SSSR count). The van der Waals surface area contributed by atoms with Gasteiger partial charge in [0, 0.05) is 10.9 Å². The molecule has 1 aromatic rings. The van der Waals surface area contributed by atoms with Crippen molar-refractivity contribution >= 4 is 47.8 Å². The Bertz CT molecular complexity index is 304. The van der Waals surface area contributed by atoms with Crippen molar-refractivity contribution in [3.8, 4) is 0 Å². The summed E-state index contributed by atoms with van der Waals surface area (Å²) in [6, 6.07) is 6.36. The Balaban J connectivity index is 2.51. The van der Waals surface area contributed by atoms with Crippen LogP contribution in [0.5, 0.6) is 0 Å². The third-order valence-electron chi connectivity index (χ3n) is 1.87. The largest absolute Gasteiger partial charge is 0.110 e. The van der Waals surface area contributed by atoms with Gasteiger partial charge in [-0.3, -0.25) is 0 Å². The molecule has 1 aliphatic carbocycles. The first-order valence-corrected chi connectivity index (χ1v) is 5.64. The smallest absolute Gasteiger partial charge is 0.0670 e. The fraction of sp³-hybridized carbons (Fsp3) is 0.250. The van der Waals surface area contributed by atoms with Crippen LogP contribution < -0.4 is 0 Å². The maximum Gasteiger partial charge on any atom is 0.110 e. The predicted molar refractivity (Wildman–Crippen MR) is 57.4 cm³/mol. The Morgan fingerprint density at radius 1 is 1.27 bits per heavy atom. The summed E-state index contributed by atoms with van der Waals surface area (Å²) in [4.78, 5) is 0. The van der Waals surface area contributed by atoms with E-state index in [2.05, 4.69) is 66.0 Å². The molecule has 0 amide bonds. The monoisotopic (exact) mass is 338 g/mol. The van der Waals surface area contributed by atoms with E-state index in [1.165, 1.54) is 11.1 Å². The van der Waals surface area contributed by atoms with Gasteiger partial charge in [-0.2, -0.15) is 0 Å². The molecule has 0 radical (unpaired) electrons. The van der Waals surface area contributed by atoms with Crippen LogP contribution in [-0.2, 0) is 9.65 Å². The van der Waals surface area contributed by atoms with E-state index in [4.69, 9.17) is 0 Å². The first-order valence-electron chi connectivity index (χ1n) is 3.26. The summed E-state index contributed by atoms with van der Waals surface area (Å²) in [6.07, 6.45) is 1.06. The zero-order chi connectivity index (χ0) is 8.06. The first-order chi connectivity index (χ1) is 5.09. The van der Waals surface area contributed by atoms with Gasteiger partial charge in [-0.25, -0.2) is 0 Å². The highest BCUT2D eigenvalue weighted by molar-refractivity contribution is 9.24. The van der Waals surface area contributed by atoms with Gasteiger partial charge in [0.15, 0.2) is 0 Å². The number of alkyl halides is 2. The Hall–Kier alpha value is 0.660. The number of fused-ring (bicyclic) bond motifs is 1. The zero-order valence-corrected chi connectivity index (χ0v) is 10.3. The summed E-state index contributed by atoms with van der Waals surface area (Å²) < 4.78 is 1.21. The second kappa shape index (κ2) is 2.57. The topological polar surface area (TPSA) is 0 Å². The average molecular weight is 341 g/mol. The summed E-state index contributed by atoms with van der Waals surface area (Å²) in [6.45, 7) is 0. The second-order valence-corrected chi connectivity index (χ2v) is 7.37. The summed E-state index contributed by atoms with van der Waals surface area (Å²) in [5.41, 5.74) is 2.76. The summed E-state index contributed by atoms with van der Waals surface area (Å²) in [5.74, 6) is 0. The first kappa shape index (κ1) is 8.27. The number of rotatable bonds is 0. The lowest BCUT2D eigenvalue weighted by molar-refractivity contribution is 0.783. The molecule has 0 nitrogen and oxygen atoms in total. The second-order valence-electron chi connectivity index (χ2n) is 2.68. The van der Waals surface area contributed by atoms with Crippen molar-refractivity contribution in [1.82, 2.24) is 0 Å². The van der Waals surface area contributed by atoms with Gasteiger partial charge in [-0.1, -0.05) is 53.9 Å². The molecule has 0 unspecified atom stereocenters. The van der Waals surface area contributed by atoms with Crippen molar-refractivity contribution in [3.05, 3.63) is 33.8 Å². The van der Waals surface area contributed by atoms with Gasteiger partial charge in [-0.15, -0.1) is 0 Å². The van der Waals surface area contributed by atoms with Crippen LogP contribution in [0.3, 0.4) is 0 Å². The molecule has 0 aliphatic heterocycles. The van der Waals surface area contributed by atoms with Gasteiger partial charge in [0.1, 0.15) is 3.23 Å².